The zero-order valence-electron chi connectivity index (χ0n) is 25.3. The SMILES string of the molecule is O=c1c2ccc3c(c4ccccc4n3-c3ccccc3)c2c2c(ccc3c4ccccc4n(-c4ccccc4)c32)n1-c1ccccc1. The van der Waals surface area contributed by atoms with Gasteiger partial charge in [0.15, 0.2) is 0 Å². The number of hydrogen-bond acceptors (Lipinski definition) is 1. The van der Waals surface area contributed by atoms with E-state index in [0.29, 0.717) is 5.39 Å². The molecule has 0 unspecified atom stereocenters. The van der Waals surface area contributed by atoms with Crippen molar-refractivity contribution in [2.24, 2.45) is 0 Å². The first-order chi connectivity index (χ1) is 23.3. The molecule has 0 aliphatic carbocycles. The average molecular weight is 602 g/mol. The van der Waals surface area contributed by atoms with E-state index in [1.54, 1.807) is 0 Å². The van der Waals surface area contributed by atoms with Crippen LogP contribution in [-0.4, -0.2) is 13.7 Å². The number of pyridine rings is 1. The van der Waals surface area contributed by atoms with Gasteiger partial charge in [0.25, 0.3) is 5.56 Å². The molecule has 0 bridgehead atoms. The van der Waals surface area contributed by atoms with Crippen LogP contribution >= 0.6 is 0 Å². The van der Waals surface area contributed by atoms with Crippen molar-refractivity contribution in [3.8, 4) is 17.1 Å². The second-order valence-corrected chi connectivity index (χ2v) is 12.1. The molecule has 0 amide bonds. The maximum absolute atomic E-state index is 14.8. The number of aromatic nitrogens is 3. The van der Waals surface area contributed by atoms with Gasteiger partial charge in [-0.1, -0.05) is 97.1 Å². The fourth-order valence-corrected chi connectivity index (χ4v) is 7.74. The van der Waals surface area contributed by atoms with Gasteiger partial charge in [0, 0.05) is 54.8 Å². The third-order valence-corrected chi connectivity index (χ3v) is 9.62. The van der Waals surface area contributed by atoms with Gasteiger partial charge in [0.2, 0.25) is 0 Å². The Balaban J connectivity index is 1.55. The van der Waals surface area contributed by atoms with Crippen molar-refractivity contribution in [3.63, 3.8) is 0 Å². The molecule has 0 radical (unpaired) electrons. The fourth-order valence-electron chi connectivity index (χ4n) is 7.74. The van der Waals surface area contributed by atoms with Crippen molar-refractivity contribution in [2.45, 2.75) is 0 Å². The van der Waals surface area contributed by atoms with Crippen LogP contribution in [0.2, 0.25) is 0 Å². The molecule has 0 saturated carbocycles. The molecule has 3 heterocycles. The van der Waals surface area contributed by atoms with Gasteiger partial charge in [-0.3, -0.25) is 9.36 Å². The summed E-state index contributed by atoms with van der Waals surface area (Å²) in [4.78, 5) is 14.8. The maximum Gasteiger partial charge on any atom is 0.263 e. The topological polar surface area (TPSA) is 31.9 Å². The van der Waals surface area contributed by atoms with Gasteiger partial charge < -0.3 is 9.13 Å². The van der Waals surface area contributed by atoms with E-state index in [2.05, 4.69) is 130 Å². The highest BCUT2D eigenvalue weighted by molar-refractivity contribution is 6.33. The third kappa shape index (κ3) is 3.55. The molecule has 4 heteroatoms. The van der Waals surface area contributed by atoms with E-state index in [9.17, 15) is 4.79 Å². The standard InChI is InChI=1S/C43H27N3O/c47-43-34-25-27-37-39(33-21-11-13-23-36(33)44(37)28-14-4-1-5-15-28)40(34)41-38(46(43)30-18-8-3-9-19-30)26-24-32-31-20-10-12-22-35(31)45(42(32)41)29-16-6-2-7-17-29/h1-27H. The summed E-state index contributed by atoms with van der Waals surface area (Å²) in [5.41, 5.74) is 8.26. The Labute approximate surface area is 269 Å². The van der Waals surface area contributed by atoms with Gasteiger partial charge in [-0.05, 0) is 66.7 Å². The Hall–Kier alpha value is -6.39. The molecule has 0 fully saturated rings. The molecule has 10 aromatic rings. The van der Waals surface area contributed by atoms with Crippen molar-refractivity contribution in [2.75, 3.05) is 0 Å². The minimum atomic E-state index is -0.0288. The zero-order valence-corrected chi connectivity index (χ0v) is 25.3. The summed E-state index contributed by atoms with van der Waals surface area (Å²) in [6, 6.07) is 56.7. The van der Waals surface area contributed by atoms with E-state index < -0.39 is 0 Å². The van der Waals surface area contributed by atoms with Crippen LogP contribution in [0, 0.1) is 0 Å². The Morgan fingerprint density at radius 1 is 0.298 bits per heavy atom. The Morgan fingerprint density at radius 2 is 0.766 bits per heavy atom. The van der Waals surface area contributed by atoms with Gasteiger partial charge in [-0.25, -0.2) is 0 Å². The summed E-state index contributed by atoms with van der Waals surface area (Å²) in [7, 11) is 0. The predicted molar refractivity (Wildman–Crippen MR) is 196 cm³/mol. The second-order valence-electron chi connectivity index (χ2n) is 12.1. The van der Waals surface area contributed by atoms with Crippen molar-refractivity contribution < 1.29 is 0 Å². The summed E-state index contributed by atoms with van der Waals surface area (Å²) in [5, 5.41) is 7.27. The molecule has 7 aromatic carbocycles. The normalized spacial score (nSPS) is 11.9. The van der Waals surface area contributed by atoms with E-state index in [0.717, 1.165) is 71.6 Å². The first-order valence-corrected chi connectivity index (χ1v) is 15.9. The molecule has 220 valence electrons. The van der Waals surface area contributed by atoms with Crippen molar-refractivity contribution in [1.82, 2.24) is 13.7 Å². The second kappa shape index (κ2) is 9.80. The van der Waals surface area contributed by atoms with E-state index in [1.807, 2.05) is 47.0 Å². The molecule has 4 nitrogen and oxygen atoms in total. The summed E-state index contributed by atoms with van der Waals surface area (Å²) in [6.07, 6.45) is 0. The summed E-state index contributed by atoms with van der Waals surface area (Å²) in [6.45, 7) is 0. The molecule has 0 spiro atoms. The van der Waals surface area contributed by atoms with Crippen LogP contribution in [0.3, 0.4) is 0 Å². The van der Waals surface area contributed by atoms with Crippen molar-refractivity contribution in [3.05, 3.63) is 174 Å². The van der Waals surface area contributed by atoms with Crippen LogP contribution in [-0.2, 0) is 0 Å². The molecule has 47 heavy (non-hydrogen) atoms. The lowest BCUT2D eigenvalue weighted by Gasteiger charge is -2.17. The monoisotopic (exact) mass is 601 g/mol. The molecule has 3 aromatic heterocycles. The van der Waals surface area contributed by atoms with Crippen LogP contribution in [0.5, 0.6) is 0 Å². The van der Waals surface area contributed by atoms with Gasteiger partial charge in [0.1, 0.15) is 0 Å². The van der Waals surface area contributed by atoms with Crippen LogP contribution in [0.15, 0.2) is 169 Å². The largest absolute Gasteiger partial charge is 0.309 e. The quantitative estimate of drug-likeness (QED) is 0.185. The number of rotatable bonds is 3. The lowest BCUT2D eigenvalue weighted by molar-refractivity contribution is 1.06. The highest BCUT2D eigenvalue weighted by atomic mass is 16.1. The summed E-state index contributed by atoms with van der Waals surface area (Å²) >= 11 is 0. The van der Waals surface area contributed by atoms with Gasteiger partial charge in [0.05, 0.1) is 27.6 Å². The highest BCUT2D eigenvalue weighted by Crippen LogP contribution is 2.44. The van der Waals surface area contributed by atoms with E-state index in [4.69, 9.17) is 0 Å². The predicted octanol–water partition coefficient (Wildman–Crippen LogP) is 10.3. The van der Waals surface area contributed by atoms with Crippen LogP contribution in [0.1, 0.15) is 0 Å². The third-order valence-electron chi connectivity index (χ3n) is 9.62. The van der Waals surface area contributed by atoms with Crippen molar-refractivity contribution >= 4 is 65.3 Å². The molecule has 0 aliphatic heterocycles. The van der Waals surface area contributed by atoms with Crippen LogP contribution in [0.25, 0.3) is 82.3 Å². The summed E-state index contributed by atoms with van der Waals surface area (Å²) in [5.74, 6) is 0. The highest BCUT2D eigenvalue weighted by Gasteiger charge is 2.24. The van der Waals surface area contributed by atoms with Crippen molar-refractivity contribution in [1.29, 1.82) is 0 Å². The molecular weight excluding hydrogens is 574 g/mol. The lowest BCUT2D eigenvalue weighted by atomic mass is 9.98. The van der Waals surface area contributed by atoms with Gasteiger partial charge in [-0.2, -0.15) is 0 Å². The Kier molecular flexibility index (Phi) is 5.40. The lowest BCUT2D eigenvalue weighted by Crippen LogP contribution is -2.19. The number of nitrogens with zero attached hydrogens (tertiary/aromatic N) is 3. The first-order valence-electron chi connectivity index (χ1n) is 15.9. The number of benzene rings is 7. The van der Waals surface area contributed by atoms with E-state index in [-0.39, 0.29) is 5.56 Å². The van der Waals surface area contributed by atoms with Gasteiger partial charge >= 0.3 is 0 Å². The summed E-state index contributed by atoms with van der Waals surface area (Å²) < 4.78 is 6.60. The molecule has 0 N–H and O–H groups in total. The number of para-hydroxylation sites is 5. The Bertz CT molecular complexity index is 2900. The minimum absolute atomic E-state index is 0.0288. The number of fused-ring (bicyclic) bond motifs is 11. The first kappa shape index (κ1) is 25.9. The minimum Gasteiger partial charge on any atom is -0.309 e. The maximum atomic E-state index is 14.8. The van der Waals surface area contributed by atoms with Gasteiger partial charge in [-0.15, -0.1) is 0 Å². The molecule has 0 saturated heterocycles. The van der Waals surface area contributed by atoms with E-state index >= 15 is 0 Å². The molecule has 0 atom stereocenters. The molecule has 0 aliphatic rings. The number of hydrogen-bond donors (Lipinski definition) is 0. The molecular formula is C43H27N3O. The smallest absolute Gasteiger partial charge is 0.263 e. The van der Waals surface area contributed by atoms with Crippen LogP contribution in [0.4, 0.5) is 0 Å². The fraction of sp³-hybridized carbons (Fsp3) is 0. The zero-order chi connectivity index (χ0) is 31.1. The van der Waals surface area contributed by atoms with Crippen LogP contribution < -0.4 is 5.56 Å². The van der Waals surface area contributed by atoms with E-state index in [1.165, 1.54) is 5.39 Å². The Morgan fingerprint density at radius 3 is 1.40 bits per heavy atom. The molecule has 10 rings (SSSR count). The average Bonchev–Trinajstić information content (AvgIpc) is 3.66.